The molecule has 0 radical (unpaired) electrons. The van der Waals surface area contributed by atoms with Crippen LogP contribution in [0.3, 0.4) is 0 Å². The molecule has 1 unspecified atom stereocenters. The van der Waals surface area contributed by atoms with Crippen LogP contribution in [0.4, 0.5) is 0 Å². The largest absolute Gasteiger partial charge is 0.587 e. The number of para-hydroxylation sites is 1. The number of hydrogen-bond acceptors (Lipinski definition) is 4. The Kier molecular flexibility index (Phi) is 4.93. The molecular weight excluding hydrogens is 291 g/mol. The Labute approximate surface area is 122 Å². The van der Waals surface area contributed by atoms with Crippen LogP contribution in [-0.4, -0.2) is 10.9 Å². The number of carbonyl (C=O) groups excluding carboxylic acids is 1. The molecule has 0 aliphatic heterocycles. The lowest BCUT2D eigenvalue weighted by atomic mass is 10.2. The van der Waals surface area contributed by atoms with Crippen LogP contribution in [-0.2, 0) is 13.9 Å². The van der Waals surface area contributed by atoms with Gasteiger partial charge < -0.3 is 9.05 Å². The maximum absolute atomic E-state index is 11.7. The predicted molar refractivity (Wildman–Crippen MR) is 78.5 cm³/mol. The molecule has 0 bridgehead atoms. The molecule has 5 nitrogen and oxygen atoms in total. The summed E-state index contributed by atoms with van der Waals surface area (Å²) in [5, 5.41) is 0. The first-order valence-electron chi connectivity index (χ1n) is 6.09. The van der Waals surface area contributed by atoms with Gasteiger partial charge >= 0.3 is 13.8 Å². The van der Waals surface area contributed by atoms with E-state index in [2.05, 4.69) is 4.52 Å². The normalized spacial score (nSPS) is 13.6. The fourth-order valence-electron chi connectivity index (χ4n) is 1.51. The highest BCUT2D eigenvalue weighted by atomic mass is 31.2. The predicted octanol–water partition coefficient (Wildman–Crippen LogP) is 3.42. The lowest BCUT2D eigenvalue weighted by molar-refractivity contribution is -0.130. The first kappa shape index (κ1) is 15.0. The second kappa shape index (κ2) is 6.88. The smallest absolute Gasteiger partial charge is 0.395 e. The molecule has 2 aromatic carbocycles. The van der Waals surface area contributed by atoms with E-state index in [0.717, 1.165) is 11.6 Å². The maximum atomic E-state index is 11.7. The Morgan fingerprint density at radius 2 is 1.57 bits per heavy atom. The number of phosphoric ester groups is 1. The Morgan fingerprint density at radius 3 is 2.19 bits per heavy atom. The van der Waals surface area contributed by atoms with E-state index in [0.29, 0.717) is 0 Å². The van der Waals surface area contributed by atoms with Crippen LogP contribution in [0.2, 0.25) is 0 Å². The topological polar surface area (TPSA) is 72.8 Å². The van der Waals surface area contributed by atoms with Crippen molar-refractivity contribution in [1.29, 1.82) is 0 Å². The van der Waals surface area contributed by atoms with Crippen molar-refractivity contribution in [2.24, 2.45) is 0 Å². The third kappa shape index (κ3) is 5.26. The molecular formula is C15H13O5P. The quantitative estimate of drug-likeness (QED) is 0.677. The van der Waals surface area contributed by atoms with Crippen LogP contribution in [0.25, 0.3) is 6.08 Å². The summed E-state index contributed by atoms with van der Waals surface area (Å²) in [4.78, 5) is 21.0. The average Bonchev–Trinajstić information content (AvgIpc) is 2.46. The third-order valence-corrected chi connectivity index (χ3v) is 3.23. The van der Waals surface area contributed by atoms with Crippen LogP contribution in [0.5, 0.6) is 5.75 Å². The second-order valence-electron chi connectivity index (χ2n) is 4.03. The molecule has 0 heterocycles. The molecule has 6 heteroatoms. The van der Waals surface area contributed by atoms with Crippen molar-refractivity contribution in [3.63, 3.8) is 0 Å². The molecule has 108 valence electrons. The fraction of sp³-hybridized carbons (Fsp3) is 0. The van der Waals surface area contributed by atoms with Gasteiger partial charge in [0, 0.05) is 6.08 Å². The number of rotatable bonds is 5. The number of phosphoric acid groups is 1. The van der Waals surface area contributed by atoms with Crippen molar-refractivity contribution in [1.82, 2.24) is 0 Å². The lowest BCUT2D eigenvalue weighted by Gasteiger charge is -2.11. The molecule has 0 aliphatic rings. The van der Waals surface area contributed by atoms with Crippen molar-refractivity contribution in [2.45, 2.75) is 0 Å². The SMILES string of the molecule is O=C(/C=C/c1ccccc1)OP(=O)(O)Oc1ccccc1. The summed E-state index contributed by atoms with van der Waals surface area (Å²) in [5.41, 5.74) is 0.770. The Balaban J connectivity index is 1.95. The Hall–Kier alpha value is -2.36. The number of benzene rings is 2. The highest BCUT2D eigenvalue weighted by molar-refractivity contribution is 7.48. The molecule has 0 spiro atoms. The van der Waals surface area contributed by atoms with E-state index in [1.807, 2.05) is 6.07 Å². The lowest BCUT2D eigenvalue weighted by Crippen LogP contribution is -2.03. The highest BCUT2D eigenvalue weighted by Crippen LogP contribution is 2.43. The molecule has 0 amide bonds. The van der Waals surface area contributed by atoms with Gasteiger partial charge in [-0.2, -0.15) is 0 Å². The van der Waals surface area contributed by atoms with Gasteiger partial charge in [-0.15, -0.1) is 0 Å². The van der Waals surface area contributed by atoms with Crippen LogP contribution in [0.1, 0.15) is 5.56 Å². The monoisotopic (exact) mass is 304 g/mol. The van der Waals surface area contributed by atoms with E-state index in [-0.39, 0.29) is 5.75 Å². The van der Waals surface area contributed by atoms with E-state index in [1.165, 1.54) is 18.2 Å². The average molecular weight is 304 g/mol. The first-order chi connectivity index (χ1) is 10.1. The van der Waals surface area contributed by atoms with Crippen LogP contribution < -0.4 is 4.52 Å². The summed E-state index contributed by atoms with van der Waals surface area (Å²) >= 11 is 0. The summed E-state index contributed by atoms with van der Waals surface area (Å²) in [7, 11) is -4.49. The molecule has 0 fully saturated rings. The first-order valence-corrected chi connectivity index (χ1v) is 7.59. The highest BCUT2D eigenvalue weighted by Gasteiger charge is 2.26. The fourth-order valence-corrected chi connectivity index (χ4v) is 2.22. The summed E-state index contributed by atoms with van der Waals surface area (Å²) in [6, 6.07) is 17.0. The van der Waals surface area contributed by atoms with E-state index < -0.39 is 13.8 Å². The second-order valence-corrected chi connectivity index (χ2v) is 5.33. The summed E-state index contributed by atoms with van der Waals surface area (Å²) < 4.78 is 20.8. The van der Waals surface area contributed by atoms with Gasteiger partial charge in [0.25, 0.3) is 0 Å². The number of carbonyl (C=O) groups is 1. The van der Waals surface area contributed by atoms with Gasteiger partial charge in [0.2, 0.25) is 0 Å². The van der Waals surface area contributed by atoms with E-state index in [1.54, 1.807) is 42.5 Å². The minimum atomic E-state index is -4.49. The zero-order valence-electron chi connectivity index (χ0n) is 11.0. The zero-order chi connectivity index (χ0) is 15.1. The minimum absolute atomic E-state index is 0.142. The van der Waals surface area contributed by atoms with Crippen molar-refractivity contribution < 1.29 is 23.3 Å². The van der Waals surface area contributed by atoms with Crippen LogP contribution in [0, 0.1) is 0 Å². The van der Waals surface area contributed by atoms with E-state index >= 15 is 0 Å². The zero-order valence-corrected chi connectivity index (χ0v) is 11.9. The molecule has 21 heavy (non-hydrogen) atoms. The standard InChI is InChI=1S/C15H13O5P/c16-15(12-11-13-7-3-1-4-8-13)20-21(17,18)19-14-9-5-2-6-10-14/h1-12H,(H,17,18)/b12-11+. The van der Waals surface area contributed by atoms with Crippen molar-refractivity contribution in [3.05, 3.63) is 72.3 Å². The van der Waals surface area contributed by atoms with Gasteiger partial charge in [-0.05, 0) is 23.8 Å². The molecule has 2 rings (SSSR count). The number of hydrogen-bond donors (Lipinski definition) is 1. The van der Waals surface area contributed by atoms with Crippen LogP contribution >= 0.6 is 7.82 Å². The molecule has 0 aromatic heterocycles. The van der Waals surface area contributed by atoms with Crippen molar-refractivity contribution in [3.8, 4) is 5.75 Å². The maximum Gasteiger partial charge on any atom is 0.587 e. The minimum Gasteiger partial charge on any atom is -0.395 e. The van der Waals surface area contributed by atoms with Gasteiger partial charge in [0.1, 0.15) is 5.75 Å². The van der Waals surface area contributed by atoms with Crippen molar-refractivity contribution in [2.75, 3.05) is 0 Å². The van der Waals surface area contributed by atoms with E-state index in [4.69, 9.17) is 4.52 Å². The van der Waals surface area contributed by atoms with Crippen LogP contribution in [0.15, 0.2) is 66.7 Å². The molecule has 0 aliphatic carbocycles. The summed E-state index contributed by atoms with van der Waals surface area (Å²) in [6.45, 7) is 0. The van der Waals surface area contributed by atoms with Gasteiger partial charge in [0.05, 0.1) is 0 Å². The molecule has 2 aromatic rings. The summed E-state index contributed by atoms with van der Waals surface area (Å²) in [6.07, 6.45) is 2.54. The van der Waals surface area contributed by atoms with Gasteiger partial charge in [-0.1, -0.05) is 48.5 Å². The Bertz CT molecular complexity index is 667. The molecule has 0 saturated carbocycles. The van der Waals surface area contributed by atoms with Crippen molar-refractivity contribution >= 4 is 19.9 Å². The van der Waals surface area contributed by atoms with Gasteiger partial charge in [0.15, 0.2) is 0 Å². The third-order valence-electron chi connectivity index (χ3n) is 2.38. The summed E-state index contributed by atoms with van der Waals surface area (Å²) in [5.74, 6) is -0.816. The van der Waals surface area contributed by atoms with Gasteiger partial charge in [-0.25, -0.2) is 9.36 Å². The Morgan fingerprint density at radius 1 is 1.00 bits per heavy atom. The van der Waals surface area contributed by atoms with Gasteiger partial charge in [-0.3, -0.25) is 4.89 Å². The van der Waals surface area contributed by atoms with E-state index in [9.17, 15) is 14.3 Å². The molecule has 1 atom stereocenters. The molecule has 0 saturated heterocycles. The molecule has 1 N–H and O–H groups in total.